The van der Waals surface area contributed by atoms with Crippen LogP contribution in [0.2, 0.25) is 0 Å². The molecule has 0 saturated heterocycles. The summed E-state index contributed by atoms with van der Waals surface area (Å²) in [7, 11) is 0. The Labute approximate surface area is 114 Å². The molecule has 0 amide bonds. The summed E-state index contributed by atoms with van der Waals surface area (Å²) in [5.74, 6) is 0.354. The number of hydrogen-bond donors (Lipinski definition) is 1. The molecule has 2 rings (SSSR count). The van der Waals surface area contributed by atoms with Crippen LogP contribution in [-0.4, -0.2) is 21.0 Å². The van der Waals surface area contributed by atoms with Crippen molar-refractivity contribution >= 4 is 5.97 Å². The van der Waals surface area contributed by atoms with Crippen LogP contribution in [0.5, 0.6) is 0 Å². The molecule has 1 aliphatic carbocycles. The SMILES string of the molecule is CCCc1nc(C2CCCCCC2)ncc1C(=O)O. The predicted molar refractivity (Wildman–Crippen MR) is 73.4 cm³/mol. The second kappa shape index (κ2) is 6.64. The van der Waals surface area contributed by atoms with E-state index in [-0.39, 0.29) is 5.56 Å². The molecule has 4 heteroatoms. The molecule has 0 atom stereocenters. The molecule has 0 aromatic carbocycles. The normalized spacial score (nSPS) is 17.1. The van der Waals surface area contributed by atoms with E-state index in [1.165, 1.54) is 31.9 Å². The first kappa shape index (κ1) is 14.0. The van der Waals surface area contributed by atoms with Gasteiger partial charge >= 0.3 is 5.97 Å². The number of aryl methyl sites for hydroxylation is 1. The first-order valence-corrected chi connectivity index (χ1v) is 7.31. The van der Waals surface area contributed by atoms with Gasteiger partial charge in [0, 0.05) is 12.1 Å². The van der Waals surface area contributed by atoms with Crippen LogP contribution < -0.4 is 0 Å². The Morgan fingerprint density at radius 1 is 1.32 bits per heavy atom. The zero-order valence-corrected chi connectivity index (χ0v) is 11.6. The van der Waals surface area contributed by atoms with Gasteiger partial charge in [-0.15, -0.1) is 0 Å². The number of aromatic carboxylic acids is 1. The molecule has 0 bridgehead atoms. The number of carbonyl (C=O) groups is 1. The minimum atomic E-state index is -0.920. The van der Waals surface area contributed by atoms with Gasteiger partial charge in [0.1, 0.15) is 5.82 Å². The highest BCUT2D eigenvalue weighted by Gasteiger charge is 2.20. The number of carboxylic acids is 1. The van der Waals surface area contributed by atoms with Crippen molar-refractivity contribution in [2.45, 2.75) is 64.2 Å². The third-order valence-corrected chi connectivity index (χ3v) is 3.82. The molecule has 104 valence electrons. The van der Waals surface area contributed by atoms with E-state index < -0.39 is 5.97 Å². The Bertz CT molecular complexity index is 438. The molecule has 0 aliphatic heterocycles. The van der Waals surface area contributed by atoms with Crippen molar-refractivity contribution in [1.29, 1.82) is 0 Å². The maximum absolute atomic E-state index is 11.2. The van der Waals surface area contributed by atoms with E-state index in [0.29, 0.717) is 18.0 Å². The molecule has 19 heavy (non-hydrogen) atoms. The largest absolute Gasteiger partial charge is 0.478 e. The molecule has 1 N–H and O–H groups in total. The number of nitrogens with zero attached hydrogens (tertiary/aromatic N) is 2. The molecule has 1 aromatic heterocycles. The lowest BCUT2D eigenvalue weighted by Gasteiger charge is -2.14. The fraction of sp³-hybridized carbons (Fsp3) is 0.667. The summed E-state index contributed by atoms with van der Waals surface area (Å²) in [5, 5.41) is 9.16. The molecular weight excluding hydrogens is 240 g/mol. The van der Waals surface area contributed by atoms with E-state index in [1.807, 2.05) is 6.92 Å². The van der Waals surface area contributed by atoms with Crippen molar-refractivity contribution in [3.8, 4) is 0 Å². The van der Waals surface area contributed by atoms with E-state index in [2.05, 4.69) is 9.97 Å². The molecule has 1 aromatic rings. The van der Waals surface area contributed by atoms with Crippen LogP contribution in [0.15, 0.2) is 6.20 Å². The summed E-state index contributed by atoms with van der Waals surface area (Å²) in [6.45, 7) is 2.04. The Hall–Kier alpha value is -1.45. The van der Waals surface area contributed by atoms with Gasteiger partial charge in [-0.1, -0.05) is 39.0 Å². The second-order valence-corrected chi connectivity index (χ2v) is 5.33. The molecule has 0 radical (unpaired) electrons. The molecule has 4 nitrogen and oxygen atoms in total. The highest BCUT2D eigenvalue weighted by molar-refractivity contribution is 5.88. The van der Waals surface area contributed by atoms with Crippen molar-refractivity contribution in [2.75, 3.05) is 0 Å². The van der Waals surface area contributed by atoms with Gasteiger partial charge in [0.2, 0.25) is 0 Å². The van der Waals surface area contributed by atoms with Crippen molar-refractivity contribution < 1.29 is 9.90 Å². The molecule has 1 heterocycles. The topological polar surface area (TPSA) is 63.1 Å². The zero-order chi connectivity index (χ0) is 13.7. The highest BCUT2D eigenvalue weighted by atomic mass is 16.4. The lowest BCUT2D eigenvalue weighted by molar-refractivity contribution is 0.0694. The van der Waals surface area contributed by atoms with Gasteiger partial charge in [0.25, 0.3) is 0 Å². The van der Waals surface area contributed by atoms with Gasteiger partial charge in [0.05, 0.1) is 11.3 Å². The van der Waals surface area contributed by atoms with Gasteiger partial charge in [-0.3, -0.25) is 0 Å². The first-order valence-electron chi connectivity index (χ1n) is 7.31. The molecule has 0 spiro atoms. The van der Waals surface area contributed by atoms with Crippen LogP contribution in [-0.2, 0) is 6.42 Å². The Morgan fingerprint density at radius 2 is 2.00 bits per heavy atom. The summed E-state index contributed by atoms with van der Waals surface area (Å²) in [6.07, 6.45) is 10.5. The van der Waals surface area contributed by atoms with Gasteiger partial charge in [-0.05, 0) is 19.3 Å². The van der Waals surface area contributed by atoms with Crippen molar-refractivity contribution in [3.05, 3.63) is 23.3 Å². The number of rotatable bonds is 4. The Kier molecular flexibility index (Phi) is 4.88. The average molecular weight is 262 g/mol. The standard InChI is InChI=1S/C15H22N2O2/c1-2-7-13-12(15(18)19)10-16-14(17-13)11-8-5-3-4-6-9-11/h10-11H,2-9H2,1H3,(H,18,19). The maximum Gasteiger partial charge on any atom is 0.339 e. The molecule has 1 aliphatic rings. The summed E-state index contributed by atoms with van der Waals surface area (Å²) >= 11 is 0. The smallest absolute Gasteiger partial charge is 0.339 e. The third-order valence-electron chi connectivity index (χ3n) is 3.82. The van der Waals surface area contributed by atoms with E-state index in [0.717, 1.165) is 25.1 Å². The van der Waals surface area contributed by atoms with Gasteiger partial charge in [-0.2, -0.15) is 0 Å². The summed E-state index contributed by atoms with van der Waals surface area (Å²) in [5.41, 5.74) is 0.962. The minimum absolute atomic E-state index is 0.263. The fourth-order valence-corrected chi connectivity index (χ4v) is 2.77. The van der Waals surface area contributed by atoms with Gasteiger partial charge in [-0.25, -0.2) is 14.8 Å². The van der Waals surface area contributed by atoms with Crippen LogP contribution in [0.3, 0.4) is 0 Å². The second-order valence-electron chi connectivity index (χ2n) is 5.33. The third kappa shape index (κ3) is 3.52. The van der Waals surface area contributed by atoms with Crippen molar-refractivity contribution in [3.63, 3.8) is 0 Å². The van der Waals surface area contributed by atoms with Crippen molar-refractivity contribution in [2.24, 2.45) is 0 Å². The average Bonchev–Trinajstić information content (AvgIpc) is 2.67. The molecule has 0 unspecified atom stereocenters. The van der Waals surface area contributed by atoms with E-state index in [4.69, 9.17) is 5.11 Å². The number of aromatic nitrogens is 2. The fourth-order valence-electron chi connectivity index (χ4n) is 2.77. The van der Waals surface area contributed by atoms with Crippen LogP contribution in [0.1, 0.15) is 79.7 Å². The highest BCUT2D eigenvalue weighted by Crippen LogP contribution is 2.29. The van der Waals surface area contributed by atoms with Crippen LogP contribution >= 0.6 is 0 Å². The van der Waals surface area contributed by atoms with Crippen LogP contribution in [0.25, 0.3) is 0 Å². The monoisotopic (exact) mass is 262 g/mol. The van der Waals surface area contributed by atoms with Crippen LogP contribution in [0, 0.1) is 0 Å². The Balaban J connectivity index is 2.25. The van der Waals surface area contributed by atoms with E-state index in [1.54, 1.807) is 0 Å². The lowest BCUT2D eigenvalue weighted by Crippen LogP contribution is -2.11. The summed E-state index contributed by atoms with van der Waals surface area (Å²) in [4.78, 5) is 20.0. The molecular formula is C15H22N2O2. The van der Waals surface area contributed by atoms with Gasteiger partial charge < -0.3 is 5.11 Å². The van der Waals surface area contributed by atoms with Gasteiger partial charge in [0.15, 0.2) is 0 Å². The lowest BCUT2D eigenvalue weighted by atomic mass is 9.99. The van der Waals surface area contributed by atoms with Crippen molar-refractivity contribution in [1.82, 2.24) is 9.97 Å². The van der Waals surface area contributed by atoms with E-state index in [9.17, 15) is 4.79 Å². The summed E-state index contributed by atoms with van der Waals surface area (Å²) in [6, 6.07) is 0. The zero-order valence-electron chi connectivity index (χ0n) is 11.6. The Morgan fingerprint density at radius 3 is 2.58 bits per heavy atom. The maximum atomic E-state index is 11.2. The quantitative estimate of drug-likeness (QED) is 0.843. The first-order chi connectivity index (χ1) is 9.22. The van der Waals surface area contributed by atoms with Crippen LogP contribution in [0.4, 0.5) is 0 Å². The molecule has 1 saturated carbocycles. The molecule has 1 fully saturated rings. The summed E-state index contributed by atoms with van der Waals surface area (Å²) < 4.78 is 0. The predicted octanol–water partition coefficient (Wildman–Crippen LogP) is 3.57. The van der Waals surface area contributed by atoms with E-state index >= 15 is 0 Å². The number of carboxylic acid groups (broad SMARTS) is 1. The minimum Gasteiger partial charge on any atom is -0.478 e. The number of hydrogen-bond acceptors (Lipinski definition) is 3.